The van der Waals surface area contributed by atoms with Crippen molar-refractivity contribution in [1.82, 2.24) is 0 Å². The molecular weight excluding hydrogens is 296 g/mol. The molecule has 1 heterocycles. The molecule has 0 bridgehead atoms. The van der Waals surface area contributed by atoms with Gasteiger partial charge in [-0.25, -0.2) is 4.79 Å². The number of rotatable bonds is 4. The van der Waals surface area contributed by atoms with E-state index in [0.29, 0.717) is 12.2 Å². The van der Waals surface area contributed by atoms with Gasteiger partial charge in [-0.2, -0.15) is 0 Å². The maximum atomic E-state index is 11.7. The Labute approximate surface area is 132 Å². The Kier molecular flexibility index (Phi) is 4.22. The highest BCUT2D eigenvalue weighted by molar-refractivity contribution is 7.19. The number of aliphatic hydroxyl groups is 1. The number of thiophene rings is 1. The van der Waals surface area contributed by atoms with Crippen LogP contribution < -0.4 is 0 Å². The van der Waals surface area contributed by atoms with Gasteiger partial charge in [-0.15, -0.1) is 11.3 Å². The van der Waals surface area contributed by atoms with Crippen molar-refractivity contribution in [3.8, 4) is 11.1 Å². The summed E-state index contributed by atoms with van der Waals surface area (Å²) in [5.41, 5.74) is 2.71. The maximum Gasteiger partial charge on any atom is 0.338 e. The lowest BCUT2D eigenvalue weighted by Gasteiger charge is -2.05. The van der Waals surface area contributed by atoms with Crippen molar-refractivity contribution in [1.29, 1.82) is 0 Å². The first kappa shape index (κ1) is 14.8. The highest BCUT2D eigenvalue weighted by atomic mass is 32.1. The quantitative estimate of drug-likeness (QED) is 0.733. The average Bonchev–Trinajstić information content (AvgIpc) is 2.98. The van der Waals surface area contributed by atoms with Crippen LogP contribution in [0.2, 0.25) is 0 Å². The number of carbonyl (C=O) groups excluding carboxylic acids is 1. The van der Waals surface area contributed by atoms with Gasteiger partial charge in [0, 0.05) is 9.58 Å². The molecule has 0 amide bonds. The summed E-state index contributed by atoms with van der Waals surface area (Å²) in [6.07, 6.45) is 0. The average molecular weight is 312 g/mol. The zero-order valence-electron chi connectivity index (χ0n) is 12.2. The highest BCUT2D eigenvalue weighted by Crippen LogP contribution is 2.35. The molecule has 3 aromatic rings. The summed E-state index contributed by atoms with van der Waals surface area (Å²) >= 11 is 1.60. The minimum Gasteiger partial charge on any atom is -0.462 e. The van der Waals surface area contributed by atoms with Crippen LogP contribution in [0.15, 0.2) is 48.5 Å². The van der Waals surface area contributed by atoms with E-state index in [4.69, 9.17) is 4.74 Å². The molecule has 112 valence electrons. The summed E-state index contributed by atoms with van der Waals surface area (Å²) in [6, 6.07) is 15.5. The Bertz CT molecular complexity index is 803. The van der Waals surface area contributed by atoms with E-state index in [2.05, 4.69) is 6.07 Å². The fourth-order valence-corrected chi connectivity index (χ4v) is 3.48. The third-order valence-corrected chi connectivity index (χ3v) is 4.63. The van der Waals surface area contributed by atoms with Crippen LogP contribution in [-0.2, 0) is 11.3 Å². The third-order valence-electron chi connectivity index (χ3n) is 3.46. The molecule has 1 N–H and O–H groups in total. The molecule has 22 heavy (non-hydrogen) atoms. The molecular formula is C18H16O3S. The first-order chi connectivity index (χ1) is 10.7. The number of aliphatic hydroxyl groups excluding tert-OH is 1. The molecule has 0 aliphatic carbocycles. The van der Waals surface area contributed by atoms with E-state index in [1.807, 2.05) is 30.3 Å². The monoisotopic (exact) mass is 312 g/mol. The Morgan fingerprint density at radius 2 is 1.95 bits per heavy atom. The second-order valence-electron chi connectivity index (χ2n) is 4.89. The van der Waals surface area contributed by atoms with Crippen molar-refractivity contribution in [2.24, 2.45) is 0 Å². The van der Waals surface area contributed by atoms with E-state index in [1.54, 1.807) is 30.4 Å². The minimum atomic E-state index is -0.300. The number of ether oxygens (including phenoxy) is 1. The summed E-state index contributed by atoms with van der Waals surface area (Å²) in [5, 5.41) is 10.4. The zero-order chi connectivity index (χ0) is 15.5. The second kappa shape index (κ2) is 6.30. The molecule has 0 atom stereocenters. The van der Waals surface area contributed by atoms with Crippen LogP contribution in [0, 0.1) is 0 Å². The van der Waals surface area contributed by atoms with Crippen molar-refractivity contribution in [3.63, 3.8) is 0 Å². The van der Waals surface area contributed by atoms with Crippen molar-refractivity contribution >= 4 is 27.4 Å². The Hall–Kier alpha value is -2.17. The predicted molar refractivity (Wildman–Crippen MR) is 89.1 cm³/mol. The van der Waals surface area contributed by atoms with Crippen LogP contribution in [0.1, 0.15) is 22.2 Å². The maximum absolute atomic E-state index is 11.7. The first-order valence-electron chi connectivity index (χ1n) is 7.12. The summed E-state index contributed by atoms with van der Waals surface area (Å²) in [6.45, 7) is 2.22. The molecule has 0 saturated heterocycles. The summed E-state index contributed by atoms with van der Waals surface area (Å²) in [7, 11) is 0. The van der Waals surface area contributed by atoms with Crippen molar-refractivity contribution in [3.05, 3.63) is 59.0 Å². The molecule has 2 aromatic carbocycles. The molecule has 0 aliphatic heterocycles. The third kappa shape index (κ3) is 2.75. The van der Waals surface area contributed by atoms with Gasteiger partial charge in [0.1, 0.15) is 0 Å². The smallest absolute Gasteiger partial charge is 0.338 e. The van der Waals surface area contributed by atoms with E-state index in [0.717, 1.165) is 26.1 Å². The molecule has 0 fully saturated rings. The number of carbonyl (C=O) groups is 1. The number of esters is 1. The van der Waals surface area contributed by atoms with Crippen LogP contribution in [0.4, 0.5) is 0 Å². The number of benzene rings is 2. The van der Waals surface area contributed by atoms with Crippen molar-refractivity contribution in [2.75, 3.05) is 6.61 Å². The summed E-state index contributed by atoms with van der Waals surface area (Å²) in [5.74, 6) is -0.300. The van der Waals surface area contributed by atoms with E-state index in [1.165, 1.54) is 0 Å². The van der Waals surface area contributed by atoms with E-state index >= 15 is 0 Å². The van der Waals surface area contributed by atoms with E-state index in [-0.39, 0.29) is 12.6 Å². The van der Waals surface area contributed by atoms with Crippen molar-refractivity contribution in [2.45, 2.75) is 13.5 Å². The molecule has 3 nitrogen and oxygen atoms in total. The number of hydrogen-bond donors (Lipinski definition) is 1. The Morgan fingerprint density at radius 1 is 1.18 bits per heavy atom. The van der Waals surface area contributed by atoms with Gasteiger partial charge in [0.2, 0.25) is 0 Å². The van der Waals surface area contributed by atoms with Gasteiger partial charge in [-0.3, -0.25) is 0 Å². The second-order valence-corrected chi connectivity index (χ2v) is 6.03. The number of fused-ring (bicyclic) bond motifs is 1. The fourth-order valence-electron chi connectivity index (χ4n) is 2.42. The molecule has 0 unspecified atom stereocenters. The summed E-state index contributed by atoms with van der Waals surface area (Å²) < 4.78 is 6.15. The largest absolute Gasteiger partial charge is 0.462 e. The Morgan fingerprint density at radius 3 is 2.64 bits per heavy atom. The molecule has 1 aromatic heterocycles. The minimum absolute atomic E-state index is 0.0561. The molecule has 0 saturated carbocycles. The lowest BCUT2D eigenvalue weighted by atomic mass is 10.0. The molecule has 0 spiro atoms. The molecule has 0 radical (unpaired) electrons. The molecule has 4 heteroatoms. The van der Waals surface area contributed by atoms with Crippen LogP contribution >= 0.6 is 11.3 Å². The van der Waals surface area contributed by atoms with Gasteiger partial charge in [0.15, 0.2) is 0 Å². The summed E-state index contributed by atoms with van der Waals surface area (Å²) in [4.78, 5) is 12.6. The van der Waals surface area contributed by atoms with Crippen molar-refractivity contribution < 1.29 is 14.6 Å². The van der Waals surface area contributed by atoms with E-state index in [9.17, 15) is 9.90 Å². The van der Waals surface area contributed by atoms with Gasteiger partial charge in [0.25, 0.3) is 0 Å². The fraction of sp³-hybridized carbons (Fsp3) is 0.167. The molecule has 3 rings (SSSR count). The standard InChI is InChI=1S/C18H16O3S/c1-2-21-18(20)13-8-6-12(7-9-13)16-5-3-4-14-10-15(11-19)22-17(14)16/h3-10,19H,2,11H2,1H3. The molecule has 0 aliphatic rings. The van der Waals surface area contributed by atoms with Crippen LogP contribution in [-0.4, -0.2) is 17.7 Å². The van der Waals surface area contributed by atoms with Crippen LogP contribution in [0.3, 0.4) is 0 Å². The van der Waals surface area contributed by atoms with Gasteiger partial charge >= 0.3 is 5.97 Å². The topological polar surface area (TPSA) is 46.5 Å². The normalized spacial score (nSPS) is 10.8. The van der Waals surface area contributed by atoms with Gasteiger partial charge in [-0.1, -0.05) is 30.3 Å². The predicted octanol–water partition coefficient (Wildman–Crippen LogP) is 4.24. The van der Waals surface area contributed by atoms with Gasteiger partial charge in [-0.05, 0) is 41.6 Å². The number of hydrogen-bond acceptors (Lipinski definition) is 4. The van der Waals surface area contributed by atoms with Crippen LogP contribution in [0.5, 0.6) is 0 Å². The highest BCUT2D eigenvalue weighted by Gasteiger charge is 2.10. The lowest BCUT2D eigenvalue weighted by molar-refractivity contribution is 0.0526. The van der Waals surface area contributed by atoms with E-state index < -0.39 is 0 Å². The van der Waals surface area contributed by atoms with Gasteiger partial charge in [0.05, 0.1) is 18.8 Å². The van der Waals surface area contributed by atoms with Gasteiger partial charge < -0.3 is 9.84 Å². The zero-order valence-corrected chi connectivity index (χ0v) is 13.0. The Balaban J connectivity index is 2.00. The lowest BCUT2D eigenvalue weighted by Crippen LogP contribution is -2.03. The first-order valence-corrected chi connectivity index (χ1v) is 7.94. The SMILES string of the molecule is CCOC(=O)c1ccc(-c2cccc3cc(CO)sc23)cc1. The van der Waals surface area contributed by atoms with Crippen LogP contribution in [0.25, 0.3) is 21.2 Å².